The molecule has 2 atom stereocenters. The van der Waals surface area contributed by atoms with Gasteiger partial charge in [0, 0.05) is 6.42 Å². The molecule has 1 aliphatic rings. The van der Waals surface area contributed by atoms with Crippen LogP contribution in [0, 0.1) is 5.92 Å². The largest absolute Gasteiger partial charge is 0.479 e. The fourth-order valence-electron chi connectivity index (χ4n) is 2.26. The van der Waals surface area contributed by atoms with Crippen LogP contribution in [0.1, 0.15) is 30.9 Å². The van der Waals surface area contributed by atoms with Crippen LogP contribution in [0.2, 0.25) is 0 Å². The maximum absolute atomic E-state index is 11.9. The van der Waals surface area contributed by atoms with Gasteiger partial charge in [-0.15, -0.1) is 0 Å². The van der Waals surface area contributed by atoms with Crippen LogP contribution in [0.4, 0.5) is 0 Å². The van der Waals surface area contributed by atoms with Gasteiger partial charge < -0.3 is 10.4 Å². The maximum Gasteiger partial charge on any atom is 0.330 e. The Kier molecular flexibility index (Phi) is 4.34. The molecule has 100 valence electrons. The van der Waals surface area contributed by atoms with Crippen molar-refractivity contribution in [2.45, 2.75) is 25.3 Å². The number of hydrogen-bond acceptors (Lipinski definition) is 2. The molecular formula is C15H17NO3. The minimum atomic E-state index is -1.04. The summed E-state index contributed by atoms with van der Waals surface area (Å²) in [5.41, 5.74) is 0.588. The number of rotatable bonds is 5. The number of amides is 1. The molecule has 0 fully saturated rings. The third-order valence-corrected chi connectivity index (χ3v) is 3.25. The highest BCUT2D eigenvalue weighted by atomic mass is 16.4. The van der Waals surface area contributed by atoms with Gasteiger partial charge in [0.2, 0.25) is 5.91 Å². The van der Waals surface area contributed by atoms with E-state index in [1.807, 2.05) is 12.1 Å². The molecule has 1 amide bonds. The molecule has 1 aliphatic carbocycles. The van der Waals surface area contributed by atoms with Crippen LogP contribution in [-0.4, -0.2) is 17.0 Å². The van der Waals surface area contributed by atoms with Crippen LogP contribution in [0.25, 0.3) is 0 Å². The molecule has 2 rings (SSSR count). The van der Waals surface area contributed by atoms with Gasteiger partial charge in [0.1, 0.15) is 0 Å². The van der Waals surface area contributed by atoms with E-state index < -0.39 is 12.0 Å². The molecule has 1 aromatic rings. The van der Waals surface area contributed by atoms with E-state index in [4.69, 9.17) is 0 Å². The third kappa shape index (κ3) is 3.68. The minimum Gasteiger partial charge on any atom is -0.479 e. The second-order valence-corrected chi connectivity index (χ2v) is 4.72. The summed E-state index contributed by atoms with van der Waals surface area (Å²) >= 11 is 0. The number of benzene rings is 1. The first-order valence-electron chi connectivity index (χ1n) is 6.40. The van der Waals surface area contributed by atoms with Gasteiger partial charge in [-0.25, -0.2) is 4.79 Å². The predicted molar refractivity (Wildman–Crippen MR) is 71.4 cm³/mol. The van der Waals surface area contributed by atoms with Crippen molar-refractivity contribution in [1.82, 2.24) is 5.32 Å². The van der Waals surface area contributed by atoms with Gasteiger partial charge in [-0.2, -0.15) is 0 Å². The quantitative estimate of drug-likeness (QED) is 0.797. The lowest BCUT2D eigenvalue weighted by molar-refractivity contribution is -0.142. The molecule has 19 heavy (non-hydrogen) atoms. The topological polar surface area (TPSA) is 66.4 Å². The third-order valence-electron chi connectivity index (χ3n) is 3.25. The van der Waals surface area contributed by atoms with E-state index in [0.717, 1.165) is 12.8 Å². The first-order chi connectivity index (χ1) is 9.16. The molecule has 0 spiro atoms. The van der Waals surface area contributed by atoms with E-state index >= 15 is 0 Å². The normalized spacial score (nSPS) is 19.1. The fraction of sp³-hybridized carbons (Fsp3) is 0.333. The second-order valence-electron chi connectivity index (χ2n) is 4.72. The van der Waals surface area contributed by atoms with E-state index in [-0.39, 0.29) is 11.8 Å². The molecule has 1 aromatic carbocycles. The van der Waals surface area contributed by atoms with Gasteiger partial charge in [0.25, 0.3) is 0 Å². The molecule has 0 heterocycles. The average Bonchev–Trinajstić information content (AvgIpc) is 2.89. The summed E-state index contributed by atoms with van der Waals surface area (Å²) in [6.07, 6.45) is 6.41. The van der Waals surface area contributed by atoms with Crippen molar-refractivity contribution in [3.05, 3.63) is 48.0 Å². The van der Waals surface area contributed by atoms with Crippen molar-refractivity contribution < 1.29 is 14.7 Å². The van der Waals surface area contributed by atoms with Gasteiger partial charge in [0.05, 0.1) is 0 Å². The zero-order valence-electron chi connectivity index (χ0n) is 10.6. The monoisotopic (exact) mass is 259 g/mol. The number of carbonyl (C=O) groups excluding carboxylic acids is 1. The highest BCUT2D eigenvalue weighted by molar-refractivity contribution is 5.84. The second kappa shape index (κ2) is 6.18. The Labute approximate surface area is 112 Å². The van der Waals surface area contributed by atoms with E-state index in [0.29, 0.717) is 12.0 Å². The number of carboxylic acids is 1. The molecule has 0 saturated heterocycles. The Morgan fingerprint density at radius 1 is 1.32 bits per heavy atom. The molecule has 4 heteroatoms. The average molecular weight is 259 g/mol. The van der Waals surface area contributed by atoms with Gasteiger partial charge in [-0.1, -0.05) is 42.5 Å². The van der Waals surface area contributed by atoms with Crippen molar-refractivity contribution in [1.29, 1.82) is 0 Å². The molecule has 0 bridgehead atoms. The summed E-state index contributed by atoms with van der Waals surface area (Å²) in [7, 11) is 0. The lowest BCUT2D eigenvalue weighted by Gasteiger charge is -2.16. The summed E-state index contributed by atoms with van der Waals surface area (Å²) in [5.74, 6) is -1.01. The minimum absolute atomic E-state index is 0.215. The van der Waals surface area contributed by atoms with Gasteiger partial charge in [-0.3, -0.25) is 4.79 Å². The summed E-state index contributed by atoms with van der Waals surface area (Å²) in [4.78, 5) is 23.1. The molecule has 1 unspecified atom stereocenters. The highest BCUT2D eigenvalue weighted by Crippen LogP contribution is 2.21. The first-order valence-corrected chi connectivity index (χ1v) is 6.40. The van der Waals surface area contributed by atoms with Crippen molar-refractivity contribution >= 4 is 11.9 Å². The highest BCUT2D eigenvalue weighted by Gasteiger charge is 2.23. The zero-order chi connectivity index (χ0) is 13.7. The fourth-order valence-corrected chi connectivity index (χ4v) is 2.26. The molecule has 4 nitrogen and oxygen atoms in total. The van der Waals surface area contributed by atoms with Gasteiger partial charge in [-0.05, 0) is 24.3 Å². The lowest BCUT2D eigenvalue weighted by Crippen LogP contribution is -2.34. The summed E-state index contributed by atoms with van der Waals surface area (Å²) in [6, 6.07) is 7.77. The van der Waals surface area contributed by atoms with Crippen molar-refractivity contribution in [3.8, 4) is 0 Å². The van der Waals surface area contributed by atoms with Crippen LogP contribution in [0.5, 0.6) is 0 Å². The maximum atomic E-state index is 11.9. The number of hydrogen-bond donors (Lipinski definition) is 2. The summed E-state index contributed by atoms with van der Waals surface area (Å²) < 4.78 is 0. The Bertz CT molecular complexity index is 481. The molecule has 0 aliphatic heterocycles. The Morgan fingerprint density at radius 3 is 2.63 bits per heavy atom. The van der Waals surface area contributed by atoms with Crippen LogP contribution in [0.3, 0.4) is 0 Å². The van der Waals surface area contributed by atoms with E-state index in [9.17, 15) is 14.7 Å². The predicted octanol–water partition coefficient (Wildman–Crippen LogP) is 2.28. The van der Waals surface area contributed by atoms with Gasteiger partial charge in [0.15, 0.2) is 6.04 Å². The Hall–Kier alpha value is -2.10. The SMILES string of the molecule is O=C(CC1C=CCC1)N[C@@H](C(=O)O)c1ccccc1. The van der Waals surface area contributed by atoms with Crippen LogP contribution < -0.4 is 5.32 Å². The zero-order valence-corrected chi connectivity index (χ0v) is 10.6. The number of carboxylic acid groups (broad SMARTS) is 1. The van der Waals surface area contributed by atoms with Crippen LogP contribution in [0.15, 0.2) is 42.5 Å². The number of allylic oxidation sites excluding steroid dienone is 2. The molecular weight excluding hydrogens is 242 g/mol. The number of carbonyl (C=O) groups is 2. The lowest BCUT2D eigenvalue weighted by atomic mass is 10.0. The molecule has 2 N–H and O–H groups in total. The Balaban J connectivity index is 1.99. The molecule has 0 radical (unpaired) electrons. The Morgan fingerprint density at radius 2 is 2.05 bits per heavy atom. The molecule has 0 aromatic heterocycles. The van der Waals surface area contributed by atoms with Crippen LogP contribution in [-0.2, 0) is 9.59 Å². The van der Waals surface area contributed by atoms with Crippen molar-refractivity contribution in [3.63, 3.8) is 0 Å². The van der Waals surface area contributed by atoms with E-state index in [1.165, 1.54) is 0 Å². The van der Waals surface area contributed by atoms with Gasteiger partial charge >= 0.3 is 5.97 Å². The van der Waals surface area contributed by atoms with Crippen LogP contribution >= 0.6 is 0 Å². The first kappa shape index (κ1) is 13.3. The molecule has 0 saturated carbocycles. The van der Waals surface area contributed by atoms with E-state index in [1.54, 1.807) is 24.3 Å². The number of nitrogens with one attached hydrogen (secondary N) is 1. The summed E-state index contributed by atoms with van der Waals surface area (Å²) in [6.45, 7) is 0. The summed E-state index contributed by atoms with van der Waals surface area (Å²) in [5, 5.41) is 11.8. The van der Waals surface area contributed by atoms with E-state index in [2.05, 4.69) is 11.4 Å². The van der Waals surface area contributed by atoms with Crippen molar-refractivity contribution in [2.24, 2.45) is 5.92 Å². The smallest absolute Gasteiger partial charge is 0.330 e. The number of aliphatic carboxylic acids is 1. The van der Waals surface area contributed by atoms with Crippen molar-refractivity contribution in [2.75, 3.05) is 0 Å². The standard InChI is InChI=1S/C15H17NO3/c17-13(10-11-6-4-5-7-11)16-14(15(18)19)12-8-2-1-3-9-12/h1-4,6,8-9,11,14H,5,7,10H2,(H,16,17)(H,18,19)/t11?,14-/m1/s1.